The molecule has 2 aliphatic rings. The molecule has 2 rings (SSSR count). The lowest BCUT2D eigenvalue weighted by atomic mass is 9.81. The maximum atomic E-state index is 6.05. The van der Waals surface area contributed by atoms with Gasteiger partial charge in [-0.2, -0.15) is 0 Å². The van der Waals surface area contributed by atoms with Gasteiger partial charge >= 0.3 is 0 Å². The van der Waals surface area contributed by atoms with Gasteiger partial charge < -0.3 is 5.73 Å². The van der Waals surface area contributed by atoms with Gasteiger partial charge in [-0.05, 0) is 32.6 Å². The first-order valence-electron chi connectivity index (χ1n) is 5.71. The van der Waals surface area contributed by atoms with Gasteiger partial charge in [-0.15, -0.1) is 6.42 Å². The molecule has 3 unspecified atom stereocenters. The average molecular weight is 192 g/mol. The number of terminal acetylenes is 1. The number of hydrogen-bond acceptors (Lipinski definition) is 2. The fourth-order valence-corrected chi connectivity index (χ4v) is 3.18. The minimum Gasteiger partial charge on any atom is -0.328 e. The molecule has 2 fully saturated rings. The zero-order chi connectivity index (χ0) is 10.1. The standard InChI is InChI=1S/C12H20N2/c1-3-9(2)14-11-5-4-6-12(14)8-10(13)7-11/h1,9-12H,4-8,13H2,2H3. The van der Waals surface area contributed by atoms with Crippen molar-refractivity contribution in [3.05, 3.63) is 0 Å². The van der Waals surface area contributed by atoms with Crippen LogP contribution in [0.2, 0.25) is 0 Å². The molecule has 0 aliphatic carbocycles. The molecule has 2 N–H and O–H groups in total. The van der Waals surface area contributed by atoms with Gasteiger partial charge in [-0.25, -0.2) is 0 Å². The first-order valence-corrected chi connectivity index (χ1v) is 5.71. The molecule has 0 aromatic rings. The summed E-state index contributed by atoms with van der Waals surface area (Å²) < 4.78 is 0. The van der Waals surface area contributed by atoms with Crippen LogP contribution in [0.3, 0.4) is 0 Å². The van der Waals surface area contributed by atoms with Gasteiger partial charge in [0.05, 0.1) is 6.04 Å². The monoisotopic (exact) mass is 192 g/mol. The summed E-state index contributed by atoms with van der Waals surface area (Å²) >= 11 is 0. The van der Waals surface area contributed by atoms with Gasteiger partial charge in [-0.3, -0.25) is 4.90 Å². The number of fused-ring (bicyclic) bond motifs is 2. The Morgan fingerprint density at radius 3 is 2.43 bits per heavy atom. The average Bonchev–Trinajstić information content (AvgIpc) is 2.15. The molecule has 2 aliphatic heterocycles. The van der Waals surface area contributed by atoms with Crippen molar-refractivity contribution in [2.75, 3.05) is 0 Å². The molecule has 0 saturated carbocycles. The van der Waals surface area contributed by atoms with Gasteiger partial charge in [0.2, 0.25) is 0 Å². The molecule has 0 aromatic heterocycles. The molecule has 2 heteroatoms. The molecule has 2 saturated heterocycles. The van der Waals surface area contributed by atoms with Crippen LogP contribution in [-0.4, -0.2) is 29.1 Å². The number of nitrogens with two attached hydrogens (primary N) is 1. The van der Waals surface area contributed by atoms with E-state index in [-0.39, 0.29) is 6.04 Å². The Morgan fingerprint density at radius 1 is 1.36 bits per heavy atom. The van der Waals surface area contributed by atoms with Crippen LogP contribution < -0.4 is 5.73 Å². The van der Waals surface area contributed by atoms with E-state index in [1.807, 2.05) is 0 Å². The quantitative estimate of drug-likeness (QED) is 0.635. The van der Waals surface area contributed by atoms with Crippen LogP contribution in [0.1, 0.15) is 39.0 Å². The summed E-state index contributed by atoms with van der Waals surface area (Å²) in [6, 6.07) is 2.01. The molecular weight excluding hydrogens is 172 g/mol. The van der Waals surface area contributed by atoms with Crippen molar-refractivity contribution in [1.29, 1.82) is 0 Å². The van der Waals surface area contributed by atoms with Crippen molar-refractivity contribution >= 4 is 0 Å². The van der Waals surface area contributed by atoms with Crippen molar-refractivity contribution in [3.8, 4) is 12.3 Å². The molecule has 0 spiro atoms. The highest BCUT2D eigenvalue weighted by molar-refractivity contribution is 5.05. The lowest BCUT2D eigenvalue weighted by Gasteiger charge is -2.49. The summed E-state index contributed by atoms with van der Waals surface area (Å²) in [6.07, 6.45) is 11.7. The van der Waals surface area contributed by atoms with Crippen LogP contribution in [0.4, 0.5) is 0 Å². The Hall–Kier alpha value is -0.520. The molecule has 3 atom stereocenters. The van der Waals surface area contributed by atoms with Gasteiger partial charge in [0, 0.05) is 18.1 Å². The van der Waals surface area contributed by atoms with Crippen LogP contribution in [0.25, 0.3) is 0 Å². The van der Waals surface area contributed by atoms with Gasteiger partial charge in [0.15, 0.2) is 0 Å². The predicted octanol–water partition coefficient (Wildman–Crippen LogP) is 1.35. The summed E-state index contributed by atoms with van der Waals surface area (Å²) in [5, 5.41) is 0. The molecule has 0 aromatic carbocycles. The number of hydrogen-bond donors (Lipinski definition) is 1. The zero-order valence-corrected chi connectivity index (χ0v) is 8.95. The molecule has 14 heavy (non-hydrogen) atoms. The third-order valence-electron chi connectivity index (χ3n) is 3.76. The molecule has 78 valence electrons. The van der Waals surface area contributed by atoms with E-state index in [9.17, 15) is 0 Å². The number of rotatable bonds is 1. The van der Waals surface area contributed by atoms with Gasteiger partial charge in [-0.1, -0.05) is 12.3 Å². The zero-order valence-electron chi connectivity index (χ0n) is 8.95. The molecular formula is C12H20N2. The maximum Gasteiger partial charge on any atom is 0.0688 e. The molecule has 2 heterocycles. The van der Waals surface area contributed by atoms with Crippen molar-refractivity contribution in [1.82, 2.24) is 4.90 Å². The lowest BCUT2D eigenvalue weighted by molar-refractivity contribution is 0.0174. The second-order valence-electron chi connectivity index (χ2n) is 4.76. The first-order chi connectivity index (χ1) is 6.72. The van der Waals surface area contributed by atoms with E-state index in [0.29, 0.717) is 18.1 Å². The third-order valence-corrected chi connectivity index (χ3v) is 3.76. The van der Waals surface area contributed by atoms with Gasteiger partial charge in [0.1, 0.15) is 0 Å². The largest absolute Gasteiger partial charge is 0.328 e. The Kier molecular flexibility index (Phi) is 2.80. The summed E-state index contributed by atoms with van der Waals surface area (Å²) in [7, 11) is 0. The predicted molar refractivity (Wildman–Crippen MR) is 58.8 cm³/mol. The summed E-state index contributed by atoms with van der Waals surface area (Å²) in [5.74, 6) is 2.86. The summed E-state index contributed by atoms with van der Waals surface area (Å²) in [6.45, 7) is 2.14. The number of nitrogens with zero attached hydrogens (tertiary/aromatic N) is 1. The molecule has 0 radical (unpaired) electrons. The van der Waals surface area contributed by atoms with Crippen LogP contribution in [0.5, 0.6) is 0 Å². The van der Waals surface area contributed by atoms with E-state index in [1.54, 1.807) is 0 Å². The third kappa shape index (κ3) is 1.67. The lowest BCUT2D eigenvalue weighted by Crippen LogP contribution is -2.57. The SMILES string of the molecule is C#CC(C)N1C2CCCC1CC(N)C2. The second kappa shape index (κ2) is 3.92. The highest BCUT2D eigenvalue weighted by Crippen LogP contribution is 2.34. The normalized spacial score (nSPS) is 40.2. The highest BCUT2D eigenvalue weighted by Gasteiger charge is 2.38. The Balaban J connectivity index is 2.13. The van der Waals surface area contributed by atoms with Crippen LogP contribution >= 0.6 is 0 Å². The van der Waals surface area contributed by atoms with Crippen LogP contribution in [0.15, 0.2) is 0 Å². The summed E-state index contributed by atoms with van der Waals surface area (Å²) in [4.78, 5) is 2.53. The highest BCUT2D eigenvalue weighted by atomic mass is 15.2. The number of piperidine rings is 2. The fraction of sp³-hybridized carbons (Fsp3) is 0.833. The topological polar surface area (TPSA) is 29.3 Å². The van der Waals surface area contributed by atoms with E-state index in [1.165, 1.54) is 19.3 Å². The van der Waals surface area contributed by atoms with Crippen molar-refractivity contribution < 1.29 is 0 Å². The van der Waals surface area contributed by atoms with E-state index in [0.717, 1.165) is 12.8 Å². The van der Waals surface area contributed by atoms with E-state index < -0.39 is 0 Å². The van der Waals surface area contributed by atoms with Crippen LogP contribution in [0, 0.1) is 12.3 Å². The van der Waals surface area contributed by atoms with Crippen molar-refractivity contribution in [2.24, 2.45) is 5.73 Å². The molecule has 0 amide bonds. The Morgan fingerprint density at radius 2 is 1.93 bits per heavy atom. The van der Waals surface area contributed by atoms with E-state index in [2.05, 4.69) is 17.7 Å². The van der Waals surface area contributed by atoms with E-state index in [4.69, 9.17) is 12.2 Å². The first kappa shape index (κ1) is 10.0. The Labute approximate surface area is 86.8 Å². The fourth-order valence-electron chi connectivity index (χ4n) is 3.18. The van der Waals surface area contributed by atoms with Crippen LogP contribution in [-0.2, 0) is 0 Å². The molecule has 2 nitrogen and oxygen atoms in total. The van der Waals surface area contributed by atoms with E-state index >= 15 is 0 Å². The minimum atomic E-state index is 0.290. The van der Waals surface area contributed by atoms with Gasteiger partial charge in [0.25, 0.3) is 0 Å². The smallest absolute Gasteiger partial charge is 0.0688 e. The summed E-state index contributed by atoms with van der Waals surface area (Å²) in [5.41, 5.74) is 6.05. The van der Waals surface area contributed by atoms with Crippen molar-refractivity contribution in [2.45, 2.75) is 63.2 Å². The molecule has 2 bridgehead atoms. The van der Waals surface area contributed by atoms with Crippen molar-refractivity contribution in [3.63, 3.8) is 0 Å². The second-order valence-corrected chi connectivity index (χ2v) is 4.76. The Bertz CT molecular complexity index is 229. The maximum absolute atomic E-state index is 6.05. The minimum absolute atomic E-state index is 0.290.